The molecule has 3 heterocycles. The van der Waals surface area contributed by atoms with Crippen LogP contribution in [0.25, 0.3) is 11.2 Å². The molecule has 118 valence electrons. The lowest BCUT2D eigenvalue weighted by Gasteiger charge is -2.38. The van der Waals surface area contributed by atoms with Gasteiger partial charge in [0.15, 0.2) is 5.65 Å². The van der Waals surface area contributed by atoms with Gasteiger partial charge in [-0.15, -0.1) is 0 Å². The SMILES string of the molecule is Cn1c(=O)c2[nH]c(CN3CCC4(CCC4)C3)nc2n(C)c1=O. The molecule has 0 aromatic carbocycles. The van der Waals surface area contributed by atoms with E-state index in [9.17, 15) is 9.59 Å². The van der Waals surface area contributed by atoms with Crippen molar-refractivity contribution >= 4 is 11.2 Å². The van der Waals surface area contributed by atoms with Crippen LogP contribution in [0.1, 0.15) is 31.5 Å². The number of hydrogen-bond acceptors (Lipinski definition) is 4. The van der Waals surface area contributed by atoms with Crippen LogP contribution in [0.4, 0.5) is 0 Å². The van der Waals surface area contributed by atoms with Gasteiger partial charge in [-0.05, 0) is 31.2 Å². The van der Waals surface area contributed by atoms with E-state index in [4.69, 9.17) is 0 Å². The summed E-state index contributed by atoms with van der Waals surface area (Å²) in [5.74, 6) is 0.768. The Hall–Kier alpha value is -1.89. The lowest BCUT2D eigenvalue weighted by atomic mass is 9.68. The molecule has 7 heteroatoms. The van der Waals surface area contributed by atoms with Gasteiger partial charge in [0.05, 0.1) is 6.54 Å². The van der Waals surface area contributed by atoms with E-state index in [-0.39, 0.29) is 11.2 Å². The maximum absolute atomic E-state index is 12.2. The molecule has 0 radical (unpaired) electrons. The molecule has 0 bridgehead atoms. The number of H-pyrrole nitrogens is 1. The molecule has 1 saturated heterocycles. The predicted octanol–water partition coefficient (Wildman–Crippen LogP) is 0.336. The van der Waals surface area contributed by atoms with Crippen LogP contribution in [0.5, 0.6) is 0 Å². The number of hydrogen-bond donors (Lipinski definition) is 1. The summed E-state index contributed by atoms with van der Waals surface area (Å²) in [6.07, 6.45) is 5.32. The summed E-state index contributed by atoms with van der Waals surface area (Å²) in [6, 6.07) is 0. The summed E-state index contributed by atoms with van der Waals surface area (Å²) in [5.41, 5.74) is 0.756. The van der Waals surface area contributed by atoms with Gasteiger partial charge < -0.3 is 4.98 Å². The van der Waals surface area contributed by atoms with Crippen molar-refractivity contribution in [2.45, 2.75) is 32.2 Å². The first kappa shape index (κ1) is 13.8. The van der Waals surface area contributed by atoms with Crippen molar-refractivity contribution in [2.24, 2.45) is 19.5 Å². The van der Waals surface area contributed by atoms with E-state index < -0.39 is 0 Å². The molecule has 7 nitrogen and oxygen atoms in total. The molecule has 22 heavy (non-hydrogen) atoms. The smallest absolute Gasteiger partial charge is 0.332 e. The van der Waals surface area contributed by atoms with Crippen molar-refractivity contribution in [1.82, 2.24) is 24.0 Å². The van der Waals surface area contributed by atoms with Gasteiger partial charge in [-0.1, -0.05) is 6.42 Å². The molecular formula is C15H21N5O2. The molecule has 2 aromatic heterocycles. The highest BCUT2D eigenvalue weighted by atomic mass is 16.2. The fourth-order valence-corrected chi connectivity index (χ4v) is 3.91. The Morgan fingerprint density at radius 1 is 1.18 bits per heavy atom. The summed E-state index contributed by atoms with van der Waals surface area (Å²) < 4.78 is 2.54. The number of imidazole rings is 1. The number of aryl methyl sites for hydroxylation is 1. The lowest BCUT2D eigenvalue weighted by molar-refractivity contribution is 0.136. The van der Waals surface area contributed by atoms with Crippen LogP contribution in [-0.2, 0) is 20.6 Å². The Bertz CT molecular complexity index is 855. The first-order valence-electron chi connectivity index (χ1n) is 7.86. The van der Waals surface area contributed by atoms with Crippen LogP contribution in [0.2, 0.25) is 0 Å². The second-order valence-electron chi connectivity index (χ2n) is 6.90. The van der Waals surface area contributed by atoms with Crippen molar-refractivity contribution in [3.63, 3.8) is 0 Å². The molecule has 1 N–H and O–H groups in total. The Kier molecular flexibility index (Phi) is 2.84. The Labute approximate surface area is 127 Å². The van der Waals surface area contributed by atoms with E-state index in [1.54, 1.807) is 7.05 Å². The maximum atomic E-state index is 12.2. The Balaban J connectivity index is 1.66. The van der Waals surface area contributed by atoms with Gasteiger partial charge in [0.1, 0.15) is 11.3 Å². The number of fused-ring (bicyclic) bond motifs is 1. The average Bonchev–Trinajstić information content (AvgIpc) is 3.07. The maximum Gasteiger partial charge on any atom is 0.332 e. The summed E-state index contributed by atoms with van der Waals surface area (Å²) in [7, 11) is 3.14. The highest BCUT2D eigenvalue weighted by Gasteiger charge is 2.42. The second-order valence-corrected chi connectivity index (χ2v) is 6.90. The number of aromatic nitrogens is 4. The third kappa shape index (κ3) is 1.88. The third-order valence-corrected chi connectivity index (χ3v) is 5.45. The van der Waals surface area contributed by atoms with Gasteiger partial charge in [-0.3, -0.25) is 18.8 Å². The molecule has 1 aliphatic carbocycles. The summed E-state index contributed by atoms with van der Waals surface area (Å²) in [5, 5.41) is 0. The van der Waals surface area contributed by atoms with Gasteiger partial charge in [0.2, 0.25) is 0 Å². The normalized spacial score (nSPS) is 20.8. The molecule has 2 aromatic rings. The molecule has 2 fully saturated rings. The van der Waals surface area contributed by atoms with E-state index in [0.29, 0.717) is 23.1 Å². The molecule has 0 unspecified atom stereocenters. The highest BCUT2D eigenvalue weighted by molar-refractivity contribution is 5.69. The second kappa shape index (κ2) is 4.55. The van der Waals surface area contributed by atoms with Crippen molar-refractivity contribution in [3.8, 4) is 0 Å². The molecule has 4 rings (SSSR count). The lowest BCUT2D eigenvalue weighted by Crippen LogP contribution is -2.36. The van der Waals surface area contributed by atoms with Crippen LogP contribution in [0.15, 0.2) is 9.59 Å². The first-order chi connectivity index (χ1) is 10.5. The monoisotopic (exact) mass is 303 g/mol. The molecular weight excluding hydrogens is 282 g/mol. The van der Waals surface area contributed by atoms with Crippen molar-refractivity contribution in [2.75, 3.05) is 13.1 Å². The van der Waals surface area contributed by atoms with Gasteiger partial charge in [-0.2, -0.15) is 0 Å². The van der Waals surface area contributed by atoms with Gasteiger partial charge in [0.25, 0.3) is 5.56 Å². The minimum atomic E-state index is -0.342. The van der Waals surface area contributed by atoms with Crippen LogP contribution in [0, 0.1) is 5.41 Å². The summed E-state index contributed by atoms with van der Waals surface area (Å²) >= 11 is 0. The number of aromatic amines is 1. The molecule has 0 atom stereocenters. The van der Waals surface area contributed by atoms with Crippen LogP contribution < -0.4 is 11.2 Å². The van der Waals surface area contributed by atoms with Gasteiger partial charge in [-0.25, -0.2) is 9.78 Å². The van der Waals surface area contributed by atoms with E-state index in [1.807, 2.05) is 0 Å². The van der Waals surface area contributed by atoms with E-state index in [1.165, 1.54) is 37.3 Å². The standard InChI is InChI=1S/C15H21N5O2/c1-18-12-11(13(21)19(2)14(18)22)16-10(17-12)8-20-7-6-15(9-20)4-3-5-15/h3-9H2,1-2H3,(H,16,17). The van der Waals surface area contributed by atoms with E-state index >= 15 is 0 Å². The van der Waals surface area contributed by atoms with Gasteiger partial charge in [0, 0.05) is 20.6 Å². The first-order valence-corrected chi connectivity index (χ1v) is 7.86. The zero-order valence-corrected chi connectivity index (χ0v) is 13.1. The zero-order valence-electron chi connectivity index (χ0n) is 13.1. The minimum Gasteiger partial charge on any atom is -0.335 e. The third-order valence-electron chi connectivity index (χ3n) is 5.45. The van der Waals surface area contributed by atoms with E-state index in [0.717, 1.165) is 23.5 Å². The van der Waals surface area contributed by atoms with E-state index in [2.05, 4.69) is 14.9 Å². The van der Waals surface area contributed by atoms with Crippen LogP contribution in [0.3, 0.4) is 0 Å². The van der Waals surface area contributed by atoms with Crippen molar-refractivity contribution < 1.29 is 0 Å². The summed E-state index contributed by atoms with van der Waals surface area (Å²) in [6.45, 7) is 2.93. The quantitative estimate of drug-likeness (QED) is 0.868. The predicted molar refractivity (Wildman–Crippen MR) is 82.8 cm³/mol. The molecule has 2 aliphatic rings. The number of likely N-dealkylation sites (tertiary alicyclic amines) is 1. The van der Waals surface area contributed by atoms with Gasteiger partial charge >= 0.3 is 5.69 Å². The molecule has 0 amide bonds. The number of nitrogens with zero attached hydrogens (tertiary/aromatic N) is 4. The highest BCUT2D eigenvalue weighted by Crippen LogP contribution is 2.48. The van der Waals surface area contributed by atoms with Crippen LogP contribution in [-0.4, -0.2) is 37.1 Å². The molecule has 1 saturated carbocycles. The average molecular weight is 303 g/mol. The minimum absolute atomic E-state index is 0.311. The Morgan fingerprint density at radius 2 is 1.95 bits per heavy atom. The fourth-order valence-electron chi connectivity index (χ4n) is 3.91. The Morgan fingerprint density at radius 3 is 2.59 bits per heavy atom. The molecule has 1 spiro atoms. The summed E-state index contributed by atoms with van der Waals surface area (Å²) in [4.78, 5) is 34.1. The number of rotatable bonds is 2. The fraction of sp³-hybridized carbons (Fsp3) is 0.667. The largest absolute Gasteiger partial charge is 0.335 e. The van der Waals surface area contributed by atoms with Crippen molar-refractivity contribution in [3.05, 3.63) is 26.7 Å². The number of nitrogens with one attached hydrogen (secondary N) is 1. The van der Waals surface area contributed by atoms with Crippen molar-refractivity contribution in [1.29, 1.82) is 0 Å². The zero-order chi connectivity index (χ0) is 15.5. The van der Waals surface area contributed by atoms with Crippen LogP contribution >= 0.6 is 0 Å². The molecule has 1 aliphatic heterocycles. The topological polar surface area (TPSA) is 75.9 Å².